The number of hydrogen-bond acceptors (Lipinski definition) is 1. The fourth-order valence-corrected chi connectivity index (χ4v) is 3.17. The average Bonchev–Trinajstić information content (AvgIpc) is 3.10. The van der Waals surface area contributed by atoms with Gasteiger partial charge in [0.1, 0.15) is 5.82 Å². The third-order valence-corrected chi connectivity index (χ3v) is 4.47. The van der Waals surface area contributed by atoms with Gasteiger partial charge in [0.15, 0.2) is 0 Å². The molecule has 1 aromatic heterocycles. The molecule has 1 fully saturated rings. The summed E-state index contributed by atoms with van der Waals surface area (Å²) in [5.74, 6) is 2.24. The van der Waals surface area contributed by atoms with Gasteiger partial charge in [0.2, 0.25) is 0 Å². The highest BCUT2D eigenvalue weighted by atomic mass is 35.5. The van der Waals surface area contributed by atoms with Crippen molar-refractivity contribution in [2.45, 2.75) is 45.0 Å². The van der Waals surface area contributed by atoms with Gasteiger partial charge in [-0.2, -0.15) is 0 Å². The summed E-state index contributed by atoms with van der Waals surface area (Å²) in [6.07, 6.45) is 2.64. The standard InChI is InChI=1S/C15H19ClN2/c1-10-5-4-6-12-14(10)17-13(9-16)18(12)15(2,3)11-7-8-11/h4-6,11H,7-9H2,1-3H3. The summed E-state index contributed by atoms with van der Waals surface area (Å²) in [7, 11) is 0. The number of imidazole rings is 1. The molecule has 0 aliphatic heterocycles. The topological polar surface area (TPSA) is 17.8 Å². The third kappa shape index (κ3) is 1.66. The monoisotopic (exact) mass is 262 g/mol. The smallest absolute Gasteiger partial charge is 0.125 e. The highest BCUT2D eigenvalue weighted by molar-refractivity contribution is 6.16. The molecule has 0 radical (unpaired) electrons. The lowest BCUT2D eigenvalue weighted by Gasteiger charge is -2.29. The van der Waals surface area contributed by atoms with Crippen molar-refractivity contribution in [1.29, 1.82) is 0 Å². The van der Waals surface area contributed by atoms with Crippen molar-refractivity contribution in [1.82, 2.24) is 9.55 Å². The van der Waals surface area contributed by atoms with Crippen LogP contribution in [0.4, 0.5) is 0 Å². The molecule has 0 unspecified atom stereocenters. The number of para-hydroxylation sites is 1. The van der Waals surface area contributed by atoms with E-state index in [1.165, 1.54) is 23.9 Å². The number of fused-ring (bicyclic) bond motifs is 1. The van der Waals surface area contributed by atoms with E-state index in [9.17, 15) is 0 Å². The SMILES string of the molecule is Cc1cccc2c1nc(CCl)n2C(C)(C)C1CC1. The summed E-state index contributed by atoms with van der Waals surface area (Å²) >= 11 is 6.10. The van der Waals surface area contributed by atoms with Gasteiger partial charge in [0, 0.05) is 5.54 Å². The zero-order valence-electron chi connectivity index (χ0n) is 11.2. The number of aryl methyl sites for hydroxylation is 1. The summed E-state index contributed by atoms with van der Waals surface area (Å²) < 4.78 is 2.36. The molecular weight excluding hydrogens is 244 g/mol. The van der Waals surface area contributed by atoms with E-state index in [-0.39, 0.29) is 5.54 Å². The van der Waals surface area contributed by atoms with Crippen LogP contribution in [0.1, 0.15) is 38.1 Å². The Morgan fingerprint density at radius 1 is 1.39 bits per heavy atom. The van der Waals surface area contributed by atoms with Crippen molar-refractivity contribution in [2.75, 3.05) is 0 Å². The first kappa shape index (κ1) is 12.0. The molecule has 2 nitrogen and oxygen atoms in total. The van der Waals surface area contributed by atoms with Crippen LogP contribution in [0.3, 0.4) is 0 Å². The number of aromatic nitrogens is 2. The van der Waals surface area contributed by atoms with Gasteiger partial charge >= 0.3 is 0 Å². The summed E-state index contributed by atoms with van der Waals surface area (Å²) in [5.41, 5.74) is 3.67. The molecule has 0 amide bonds. The highest BCUT2D eigenvalue weighted by Gasteiger charge is 2.41. The van der Waals surface area contributed by atoms with E-state index in [0.717, 1.165) is 17.3 Å². The first-order valence-corrected chi connectivity index (χ1v) is 7.12. The van der Waals surface area contributed by atoms with Gasteiger partial charge < -0.3 is 4.57 Å². The molecule has 18 heavy (non-hydrogen) atoms. The van der Waals surface area contributed by atoms with Crippen LogP contribution in [0, 0.1) is 12.8 Å². The lowest BCUT2D eigenvalue weighted by atomic mass is 9.97. The minimum Gasteiger partial charge on any atom is -0.321 e. The molecule has 1 heterocycles. The maximum Gasteiger partial charge on any atom is 0.125 e. The largest absolute Gasteiger partial charge is 0.321 e. The lowest BCUT2D eigenvalue weighted by Crippen LogP contribution is -2.30. The Balaban J connectivity index is 2.29. The number of benzene rings is 1. The quantitative estimate of drug-likeness (QED) is 0.757. The third-order valence-electron chi connectivity index (χ3n) is 4.23. The first-order chi connectivity index (χ1) is 8.55. The molecule has 0 N–H and O–H groups in total. The fourth-order valence-electron chi connectivity index (χ4n) is 2.99. The molecule has 0 spiro atoms. The Bertz CT molecular complexity index is 594. The van der Waals surface area contributed by atoms with Crippen LogP contribution in [0.5, 0.6) is 0 Å². The number of halogens is 1. The van der Waals surface area contributed by atoms with Gasteiger partial charge in [-0.3, -0.25) is 0 Å². The Labute approximate surface area is 113 Å². The van der Waals surface area contributed by atoms with Gasteiger partial charge in [-0.25, -0.2) is 4.98 Å². The average molecular weight is 263 g/mol. The number of alkyl halides is 1. The molecule has 1 saturated carbocycles. The second kappa shape index (κ2) is 3.99. The zero-order chi connectivity index (χ0) is 12.9. The van der Waals surface area contributed by atoms with Gasteiger partial charge in [0.25, 0.3) is 0 Å². The molecule has 0 atom stereocenters. The Morgan fingerprint density at radius 3 is 2.72 bits per heavy atom. The van der Waals surface area contributed by atoms with E-state index in [0.29, 0.717) is 5.88 Å². The minimum atomic E-state index is 0.118. The summed E-state index contributed by atoms with van der Waals surface area (Å²) in [6, 6.07) is 6.38. The summed E-state index contributed by atoms with van der Waals surface area (Å²) in [5, 5.41) is 0. The fraction of sp³-hybridized carbons (Fsp3) is 0.533. The van der Waals surface area contributed by atoms with E-state index < -0.39 is 0 Å². The maximum atomic E-state index is 6.10. The Hall–Kier alpha value is -1.02. The van der Waals surface area contributed by atoms with Crippen molar-refractivity contribution in [2.24, 2.45) is 5.92 Å². The second-order valence-electron chi connectivity index (χ2n) is 5.87. The zero-order valence-corrected chi connectivity index (χ0v) is 12.0. The molecule has 0 saturated heterocycles. The van der Waals surface area contributed by atoms with Gasteiger partial charge in [0.05, 0.1) is 16.9 Å². The number of rotatable bonds is 3. The van der Waals surface area contributed by atoms with Crippen molar-refractivity contribution >= 4 is 22.6 Å². The highest BCUT2D eigenvalue weighted by Crippen LogP contribution is 2.45. The van der Waals surface area contributed by atoms with Crippen LogP contribution >= 0.6 is 11.6 Å². The predicted molar refractivity (Wildman–Crippen MR) is 76.1 cm³/mol. The van der Waals surface area contributed by atoms with Crippen LogP contribution in [0.2, 0.25) is 0 Å². The van der Waals surface area contributed by atoms with Crippen LogP contribution in [-0.4, -0.2) is 9.55 Å². The number of nitrogens with zero attached hydrogens (tertiary/aromatic N) is 2. The summed E-state index contributed by atoms with van der Waals surface area (Å²) in [6.45, 7) is 6.73. The van der Waals surface area contributed by atoms with Crippen LogP contribution < -0.4 is 0 Å². The Morgan fingerprint density at radius 2 is 2.11 bits per heavy atom. The van der Waals surface area contributed by atoms with E-state index in [2.05, 4.69) is 43.5 Å². The van der Waals surface area contributed by atoms with Gasteiger partial charge in [-0.05, 0) is 51.2 Å². The van der Waals surface area contributed by atoms with E-state index in [4.69, 9.17) is 16.6 Å². The Kier molecular flexibility index (Phi) is 2.67. The van der Waals surface area contributed by atoms with Gasteiger partial charge in [-0.15, -0.1) is 11.6 Å². The second-order valence-corrected chi connectivity index (χ2v) is 6.13. The molecule has 96 valence electrons. The molecule has 2 aromatic rings. The normalized spacial score (nSPS) is 16.4. The number of hydrogen-bond donors (Lipinski definition) is 0. The maximum absolute atomic E-state index is 6.10. The van der Waals surface area contributed by atoms with E-state index in [1.807, 2.05) is 0 Å². The molecule has 1 aliphatic carbocycles. The van der Waals surface area contributed by atoms with Crippen LogP contribution in [0.15, 0.2) is 18.2 Å². The van der Waals surface area contributed by atoms with E-state index in [1.54, 1.807) is 0 Å². The first-order valence-electron chi connectivity index (χ1n) is 6.59. The minimum absolute atomic E-state index is 0.118. The molecule has 3 heteroatoms. The lowest BCUT2D eigenvalue weighted by molar-refractivity contribution is 0.306. The molecule has 1 aliphatic rings. The van der Waals surface area contributed by atoms with Crippen LogP contribution in [0.25, 0.3) is 11.0 Å². The van der Waals surface area contributed by atoms with Gasteiger partial charge in [-0.1, -0.05) is 12.1 Å². The predicted octanol–water partition coefficient (Wildman–Crippen LogP) is 4.23. The van der Waals surface area contributed by atoms with Crippen molar-refractivity contribution < 1.29 is 0 Å². The van der Waals surface area contributed by atoms with Crippen LogP contribution in [-0.2, 0) is 11.4 Å². The van der Waals surface area contributed by atoms with Crippen molar-refractivity contribution in [3.63, 3.8) is 0 Å². The molecule has 1 aromatic carbocycles. The van der Waals surface area contributed by atoms with E-state index >= 15 is 0 Å². The molecule has 0 bridgehead atoms. The summed E-state index contributed by atoms with van der Waals surface area (Å²) in [4.78, 5) is 4.74. The van der Waals surface area contributed by atoms with Crippen molar-refractivity contribution in [3.8, 4) is 0 Å². The molecule has 3 rings (SSSR count). The molecular formula is C15H19ClN2. The van der Waals surface area contributed by atoms with Crippen molar-refractivity contribution in [3.05, 3.63) is 29.6 Å².